The molecular weight excluding hydrogens is 356 g/mol. The lowest BCUT2D eigenvalue weighted by Gasteiger charge is -2.07. The van der Waals surface area contributed by atoms with Crippen LogP contribution in [0, 0.1) is 5.82 Å². The highest BCUT2D eigenvalue weighted by atomic mass is 19.4. The molecule has 1 aromatic carbocycles. The molecule has 0 fully saturated rings. The van der Waals surface area contributed by atoms with Crippen LogP contribution in [0.1, 0.15) is 17.1 Å². The molecule has 0 unspecified atom stereocenters. The Morgan fingerprint density at radius 2 is 1.96 bits per heavy atom. The van der Waals surface area contributed by atoms with Crippen LogP contribution in [0.5, 0.6) is 0 Å². The van der Waals surface area contributed by atoms with Gasteiger partial charge in [-0.2, -0.15) is 18.2 Å². The lowest BCUT2D eigenvalue weighted by Crippen LogP contribution is -2.05. The predicted molar refractivity (Wildman–Crippen MR) is 81.8 cm³/mol. The van der Waals surface area contributed by atoms with E-state index >= 15 is 0 Å². The average Bonchev–Trinajstić information content (AvgIpc) is 3.07. The molecular formula is C16H12F4N4O2. The van der Waals surface area contributed by atoms with Gasteiger partial charge >= 0.3 is 12.1 Å². The summed E-state index contributed by atoms with van der Waals surface area (Å²) in [7, 11) is 0. The van der Waals surface area contributed by atoms with Gasteiger partial charge in [-0.3, -0.25) is 4.98 Å². The number of benzene rings is 1. The Morgan fingerprint density at radius 3 is 2.62 bits per heavy atom. The summed E-state index contributed by atoms with van der Waals surface area (Å²) >= 11 is 0. The molecule has 2 heterocycles. The number of aromatic nitrogens is 3. The molecule has 3 rings (SSSR count). The number of nitrogens with two attached hydrogens (primary N) is 1. The van der Waals surface area contributed by atoms with E-state index in [4.69, 9.17) is 10.5 Å². The van der Waals surface area contributed by atoms with Crippen molar-refractivity contribution in [3.8, 4) is 11.4 Å². The molecule has 2 N–H and O–H groups in total. The van der Waals surface area contributed by atoms with Crippen molar-refractivity contribution in [3.63, 3.8) is 0 Å². The van der Waals surface area contributed by atoms with Gasteiger partial charge in [0, 0.05) is 6.20 Å². The maximum atomic E-state index is 14.2. The summed E-state index contributed by atoms with van der Waals surface area (Å²) in [6.07, 6.45) is -3.22. The van der Waals surface area contributed by atoms with Gasteiger partial charge in [0.1, 0.15) is 5.82 Å². The van der Waals surface area contributed by atoms with Crippen molar-refractivity contribution in [1.82, 2.24) is 15.1 Å². The second-order valence-corrected chi connectivity index (χ2v) is 5.27. The normalized spacial score (nSPS) is 11.7. The van der Waals surface area contributed by atoms with Gasteiger partial charge in [-0.1, -0.05) is 11.2 Å². The van der Waals surface area contributed by atoms with Crippen LogP contribution in [-0.4, -0.2) is 15.1 Å². The molecule has 0 saturated heterocycles. The van der Waals surface area contributed by atoms with E-state index in [0.29, 0.717) is 16.9 Å². The summed E-state index contributed by atoms with van der Waals surface area (Å²) in [6, 6.07) is 7.24. The largest absolute Gasteiger partial charge is 0.471 e. The summed E-state index contributed by atoms with van der Waals surface area (Å²) in [5.74, 6) is -2.81. The number of pyridine rings is 1. The van der Waals surface area contributed by atoms with E-state index in [1.165, 1.54) is 12.1 Å². The summed E-state index contributed by atoms with van der Waals surface area (Å²) < 4.78 is 61.1. The van der Waals surface area contributed by atoms with Crippen molar-refractivity contribution in [2.45, 2.75) is 19.4 Å². The summed E-state index contributed by atoms with van der Waals surface area (Å²) in [5, 5.41) is 3.16. The van der Waals surface area contributed by atoms with E-state index in [-0.39, 0.29) is 18.8 Å². The third-order valence-electron chi connectivity index (χ3n) is 3.38. The molecule has 0 bridgehead atoms. The minimum atomic E-state index is -4.79. The first-order valence-electron chi connectivity index (χ1n) is 7.31. The monoisotopic (exact) mass is 368 g/mol. The fourth-order valence-electron chi connectivity index (χ4n) is 2.11. The zero-order valence-electron chi connectivity index (χ0n) is 13.1. The van der Waals surface area contributed by atoms with E-state index in [1.807, 2.05) is 0 Å². The summed E-state index contributed by atoms with van der Waals surface area (Å²) in [5.41, 5.74) is 7.03. The summed E-state index contributed by atoms with van der Waals surface area (Å²) in [6.45, 7) is 0.198. The van der Waals surface area contributed by atoms with Gasteiger partial charge in [0.05, 0.1) is 30.2 Å². The number of anilines is 1. The number of nitrogen functional groups attached to an aromatic ring is 1. The number of rotatable bonds is 5. The molecule has 0 aliphatic rings. The third kappa shape index (κ3) is 3.97. The third-order valence-corrected chi connectivity index (χ3v) is 3.38. The second kappa shape index (κ2) is 7.08. The van der Waals surface area contributed by atoms with Crippen LogP contribution in [-0.2, 0) is 24.1 Å². The Bertz CT molecular complexity index is 911. The fourth-order valence-corrected chi connectivity index (χ4v) is 2.11. The Labute approximate surface area is 144 Å². The first kappa shape index (κ1) is 17.8. The smallest absolute Gasteiger partial charge is 0.397 e. The number of alkyl halides is 3. The highest BCUT2D eigenvalue weighted by Gasteiger charge is 2.38. The number of hydrogen-bond donors (Lipinski definition) is 1. The predicted octanol–water partition coefficient (Wildman–Crippen LogP) is 3.59. The van der Waals surface area contributed by atoms with Crippen molar-refractivity contribution in [1.29, 1.82) is 0 Å². The Hall–Kier alpha value is -3.01. The van der Waals surface area contributed by atoms with E-state index in [2.05, 4.69) is 19.6 Å². The Kier molecular flexibility index (Phi) is 4.85. The van der Waals surface area contributed by atoms with Gasteiger partial charge < -0.3 is 15.0 Å². The van der Waals surface area contributed by atoms with E-state index in [1.54, 1.807) is 18.3 Å². The Balaban J connectivity index is 1.68. The SMILES string of the molecule is Nc1cccnc1COCc1ccc(-c2noc(C(F)(F)F)n2)c(F)c1. The maximum absolute atomic E-state index is 14.2. The van der Waals surface area contributed by atoms with Crippen LogP contribution in [0.25, 0.3) is 11.4 Å². The first-order chi connectivity index (χ1) is 12.3. The molecule has 0 radical (unpaired) electrons. The van der Waals surface area contributed by atoms with Crippen molar-refractivity contribution in [3.05, 3.63) is 59.5 Å². The standard InChI is InChI=1S/C16H12F4N4O2/c17-11-6-9(7-25-8-13-12(21)2-1-5-22-13)3-4-10(11)14-23-15(26-24-14)16(18,19)20/h1-6H,7-8,21H2. The molecule has 10 heteroatoms. The molecule has 0 aliphatic carbocycles. The molecule has 0 saturated carbocycles. The number of halogens is 4. The molecule has 3 aromatic rings. The van der Waals surface area contributed by atoms with Gasteiger partial charge in [0.15, 0.2) is 0 Å². The molecule has 2 aromatic heterocycles. The lowest BCUT2D eigenvalue weighted by atomic mass is 10.1. The lowest BCUT2D eigenvalue weighted by molar-refractivity contribution is -0.159. The highest BCUT2D eigenvalue weighted by Crippen LogP contribution is 2.30. The number of ether oxygens (including phenoxy) is 1. The quantitative estimate of drug-likeness (QED) is 0.693. The molecule has 0 amide bonds. The molecule has 136 valence electrons. The molecule has 0 aliphatic heterocycles. The van der Waals surface area contributed by atoms with Crippen LogP contribution in [0.4, 0.5) is 23.2 Å². The van der Waals surface area contributed by atoms with Crippen LogP contribution in [0.3, 0.4) is 0 Å². The number of hydrogen-bond acceptors (Lipinski definition) is 6. The van der Waals surface area contributed by atoms with E-state index < -0.39 is 23.7 Å². The minimum absolute atomic E-state index is 0.0628. The fraction of sp³-hybridized carbons (Fsp3) is 0.188. The Morgan fingerprint density at radius 1 is 1.15 bits per heavy atom. The van der Waals surface area contributed by atoms with Crippen molar-refractivity contribution in [2.24, 2.45) is 0 Å². The van der Waals surface area contributed by atoms with Crippen LogP contribution in [0.2, 0.25) is 0 Å². The topological polar surface area (TPSA) is 87.1 Å². The van der Waals surface area contributed by atoms with Crippen LogP contribution >= 0.6 is 0 Å². The van der Waals surface area contributed by atoms with Gasteiger partial charge in [-0.05, 0) is 29.8 Å². The molecule has 6 nitrogen and oxygen atoms in total. The van der Waals surface area contributed by atoms with Crippen molar-refractivity contribution in [2.75, 3.05) is 5.73 Å². The van der Waals surface area contributed by atoms with E-state index in [0.717, 1.165) is 6.07 Å². The maximum Gasteiger partial charge on any atom is 0.471 e. The zero-order valence-corrected chi connectivity index (χ0v) is 13.1. The average molecular weight is 368 g/mol. The molecule has 26 heavy (non-hydrogen) atoms. The second-order valence-electron chi connectivity index (χ2n) is 5.27. The zero-order chi connectivity index (χ0) is 18.7. The van der Waals surface area contributed by atoms with Crippen LogP contribution in [0.15, 0.2) is 41.1 Å². The van der Waals surface area contributed by atoms with Gasteiger partial charge in [-0.15, -0.1) is 0 Å². The molecule has 0 spiro atoms. The van der Waals surface area contributed by atoms with Crippen LogP contribution < -0.4 is 5.73 Å². The van der Waals surface area contributed by atoms with Gasteiger partial charge in [0.25, 0.3) is 0 Å². The van der Waals surface area contributed by atoms with Gasteiger partial charge in [0.2, 0.25) is 5.82 Å². The highest BCUT2D eigenvalue weighted by molar-refractivity contribution is 5.55. The first-order valence-corrected chi connectivity index (χ1v) is 7.31. The molecule has 0 atom stereocenters. The van der Waals surface area contributed by atoms with E-state index in [9.17, 15) is 17.6 Å². The number of nitrogens with zero attached hydrogens (tertiary/aromatic N) is 3. The summed E-state index contributed by atoms with van der Waals surface area (Å²) in [4.78, 5) is 7.22. The minimum Gasteiger partial charge on any atom is -0.397 e. The van der Waals surface area contributed by atoms with Crippen molar-refractivity contribution < 1.29 is 26.8 Å². The van der Waals surface area contributed by atoms with Crippen molar-refractivity contribution >= 4 is 5.69 Å². The van der Waals surface area contributed by atoms with Gasteiger partial charge in [-0.25, -0.2) is 4.39 Å².